The van der Waals surface area contributed by atoms with Gasteiger partial charge in [-0.1, -0.05) is 13.8 Å². The van der Waals surface area contributed by atoms with Crippen LogP contribution in [-0.4, -0.2) is 42.2 Å². The molecule has 0 spiro atoms. The molecule has 5 heteroatoms. The van der Waals surface area contributed by atoms with Crippen molar-refractivity contribution in [2.45, 2.75) is 26.4 Å². The highest BCUT2D eigenvalue weighted by Gasteiger charge is 2.26. The van der Waals surface area contributed by atoms with Gasteiger partial charge >= 0.3 is 0 Å². The molecule has 1 unspecified atom stereocenters. The van der Waals surface area contributed by atoms with E-state index in [0.717, 1.165) is 0 Å². The molecule has 1 rings (SSSR count). The molecule has 0 aliphatic rings. The van der Waals surface area contributed by atoms with E-state index in [1.54, 1.807) is 30.2 Å². The molecule has 1 aromatic rings. The standard InChI is InChI=1S/C14H23N3O2/c1-10(2)14(3,19)9-16-13(18)11-7-6-8-15-12(11)17(4)5/h6-8,10,19H,9H2,1-5H3,(H,16,18). The highest BCUT2D eigenvalue weighted by atomic mass is 16.3. The minimum absolute atomic E-state index is 0.0648. The van der Waals surface area contributed by atoms with Crippen LogP contribution in [0.25, 0.3) is 0 Å². The molecule has 0 aromatic carbocycles. The van der Waals surface area contributed by atoms with Crippen molar-refractivity contribution in [3.63, 3.8) is 0 Å². The molecule has 0 aliphatic heterocycles. The SMILES string of the molecule is CC(C)C(C)(O)CNC(=O)c1cccnc1N(C)C. The third-order valence-electron chi connectivity index (χ3n) is 3.31. The first-order chi connectivity index (χ1) is 8.75. The molecule has 0 saturated carbocycles. The lowest BCUT2D eigenvalue weighted by Crippen LogP contribution is -2.44. The molecule has 0 aliphatic carbocycles. The lowest BCUT2D eigenvalue weighted by Gasteiger charge is -2.28. The van der Waals surface area contributed by atoms with Crippen LogP contribution < -0.4 is 10.2 Å². The summed E-state index contributed by atoms with van der Waals surface area (Å²) < 4.78 is 0. The number of carbonyl (C=O) groups excluding carboxylic acids is 1. The molecule has 5 nitrogen and oxygen atoms in total. The third kappa shape index (κ3) is 3.92. The van der Waals surface area contributed by atoms with Gasteiger partial charge < -0.3 is 15.3 Å². The van der Waals surface area contributed by atoms with Crippen LogP contribution in [0.15, 0.2) is 18.3 Å². The lowest BCUT2D eigenvalue weighted by atomic mass is 9.92. The highest BCUT2D eigenvalue weighted by Crippen LogP contribution is 2.17. The van der Waals surface area contributed by atoms with Crippen molar-refractivity contribution < 1.29 is 9.90 Å². The predicted octanol–water partition coefficient (Wildman–Crippen LogP) is 1.28. The summed E-state index contributed by atoms with van der Waals surface area (Å²) in [7, 11) is 3.67. The molecule has 0 bridgehead atoms. The minimum atomic E-state index is -0.920. The molecular weight excluding hydrogens is 242 g/mol. The van der Waals surface area contributed by atoms with Crippen LogP contribution >= 0.6 is 0 Å². The Bertz CT molecular complexity index is 442. The molecule has 106 valence electrons. The number of amides is 1. The van der Waals surface area contributed by atoms with E-state index in [-0.39, 0.29) is 18.4 Å². The van der Waals surface area contributed by atoms with Crippen molar-refractivity contribution in [1.82, 2.24) is 10.3 Å². The number of hydrogen-bond acceptors (Lipinski definition) is 4. The van der Waals surface area contributed by atoms with Gasteiger partial charge in [0, 0.05) is 26.8 Å². The molecule has 2 N–H and O–H groups in total. The maximum Gasteiger partial charge on any atom is 0.255 e. The normalized spacial score (nSPS) is 14.1. The van der Waals surface area contributed by atoms with E-state index in [1.165, 1.54) is 0 Å². The lowest BCUT2D eigenvalue weighted by molar-refractivity contribution is 0.0142. The van der Waals surface area contributed by atoms with E-state index in [0.29, 0.717) is 11.4 Å². The monoisotopic (exact) mass is 265 g/mol. The van der Waals surface area contributed by atoms with Crippen molar-refractivity contribution in [1.29, 1.82) is 0 Å². The summed E-state index contributed by atoms with van der Waals surface area (Å²) in [6.07, 6.45) is 1.65. The van der Waals surface area contributed by atoms with Crippen LogP contribution in [0.1, 0.15) is 31.1 Å². The summed E-state index contributed by atoms with van der Waals surface area (Å²) in [6.45, 7) is 5.77. The number of aliphatic hydroxyl groups is 1. The molecule has 0 fully saturated rings. The Labute approximate surface area is 114 Å². The van der Waals surface area contributed by atoms with Crippen LogP contribution in [0.3, 0.4) is 0 Å². The molecule has 1 amide bonds. The molecule has 1 atom stereocenters. The first-order valence-electron chi connectivity index (χ1n) is 6.38. The number of aromatic nitrogens is 1. The fourth-order valence-corrected chi connectivity index (χ4v) is 1.49. The van der Waals surface area contributed by atoms with E-state index >= 15 is 0 Å². The second kappa shape index (κ2) is 6.02. The van der Waals surface area contributed by atoms with Crippen LogP contribution in [0.5, 0.6) is 0 Å². The summed E-state index contributed by atoms with van der Waals surface area (Å²) in [5.41, 5.74) is -0.414. The van der Waals surface area contributed by atoms with Gasteiger partial charge in [0.2, 0.25) is 0 Å². The smallest absolute Gasteiger partial charge is 0.255 e. The maximum absolute atomic E-state index is 12.2. The van der Waals surface area contributed by atoms with Gasteiger partial charge in [-0.15, -0.1) is 0 Å². The van der Waals surface area contributed by atoms with Gasteiger partial charge in [-0.3, -0.25) is 4.79 Å². The first-order valence-corrected chi connectivity index (χ1v) is 6.38. The van der Waals surface area contributed by atoms with Gasteiger partial charge in [0.1, 0.15) is 5.82 Å². The summed E-state index contributed by atoms with van der Waals surface area (Å²) in [4.78, 5) is 18.1. The van der Waals surface area contributed by atoms with Gasteiger partial charge in [-0.25, -0.2) is 4.98 Å². The topological polar surface area (TPSA) is 65.5 Å². The molecular formula is C14H23N3O2. The summed E-state index contributed by atoms with van der Waals surface area (Å²) in [5, 5.41) is 12.9. The van der Waals surface area contributed by atoms with Crippen LogP contribution in [-0.2, 0) is 0 Å². The summed E-state index contributed by atoms with van der Waals surface area (Å²) in [5.74, 6) is 0.455. The van der Waals surface area contributed by atoms with E-state index in [4.69, 9.17) is 0 Å². The second-order valence-corrected chi connectivity index (χ2v) is 5.46. The Hall–Kier alpha value is -1.62. The quantitative estimate of drug-likeness (QED) is 0.842. The number of nitrogens with one attached hydrogen (secondary N) is 1. The van der Waals surface area contributed by atoms with Crippen LogP contribution in [0, 0.1) is 5.92 Å². The predicted molar refractivity (Wildman–Crippen MR) is 76.4 cm³/mol. The Kier molecular flexibility index (Phi) is 4.89. The van der Waals surface area contributed by atoms with Gasteiger partial charge in [-0.2, -0.15) is 0 Å². The van der Waals surface area contributed by atoms with E-state index in [9.17, 15) is 9.90 Å². The van der Waals surface area contributed by atoms with Gasteiger partial charge in [0.15, 0.2) is 0 Å². The Balaban J connectivity index is 2.80. The number of nitrogens with zero attached hydrogens (tertiary/aromatic N) is 2. The third-order valence-corrected chi connectivity index (χ3v) is 3.31. The molecule has 1 aromatic heterocycles. The van der Waals surface area contributed by atoms with Crippen molar-refractivity contribution >= 4 is 11.7 Å². The number of anilines is 1. The van der Waals surface area contributed by atoms with Crippen LogP contribution in [0.2, 0.25) is 0 Å². The fraction of sp³-hybridized carbons (Fsp3) is 0.571. The number of rotatable bonds is 5. The summed E-state index contributed by atoms with van der Waals surface area (Å²) in [6, 6.07) is 3.45. The van der Waals surface area contributed by atoms with Crippen molar-refractivity contribution in [2.75, 3.05) is 25.5 Å². The van der Waals surface area contributed by atoms with E-state index < -0.39 is 5.60 Å². The largest absolute Gasteiger partial charge is 0.388 e. The number of pyridine rings is 1. The zero-order valence-corrected chi connectivity index (χ0v) is 12.3. The molecule has 0 radical (unpaired) electrons. The highest BCUT2D eigenvalue weighted by molar-refractivity contribution is 5.98. The fourth-order valence-electron chi connectivity index (χ4n) is 1.49. The van der Waals surface area contributed by atoms with Crippen molar-refractivity contribution in [3.05, 3.63) is 23.9 Å². The van der Waals surface area contributed by atoms with Gasteiger partial charge in [0.05, 0.1) is 11.2 Å². The average Bonchev–Trinajstić information content (AvgIpc) is 2.35. The summed E-state index contributed by atoms with van der Waals surface area (Å²) >= 11 is 0. The zero-order chi connectivity index (χ0) is 14.6. The maximum atomic E-state index is 12.2. The minimum Gasteiger partial charge on any atom is -0.388 e. The number of carbonyl (C=O) groups is 1. The van der Waals surface area contributed by atoms with Gasteiger partial charge in [0.25, 0.3) is 5.91 Å². The molecule has 1 heterocycles. The molecule has 19 heavy (non-hydrogen) atoms. The average molecular weight is 265 g/mol. The van der Waals surface area contributed by atoms with Crippen LogP contribution in [0.4, 0.5) is 5.82 Å². The zero-order valence-electron chi connectivity index (χ0n) is 12.3. The second-order valence-electron chi connectivity index (χ2n) is 5.46. The van der Waals surface area contributed by atoms with Crippen molar-refractivity contribution in [2.24, 2.45) is 5.92 Å². The van der Waals surface area contributed by atoms with E-state index in [2.05, 4.69) is 10.3 Å². The first kappa shape index (κ1) is 15.4. The Morgan fingerprint density at radius 3 is 2.68 bits per heavy atom. The number of hydrogen-bond donors (Lipinski definition) is 2. The van der Waals surface area contributed by atoms with Gasteiger partial charge in [-0.05, 0) is 25.0 Å². The Morgan fingerprint density at radius 1 is 1.53 bits per heavy atom. The van der Waals surface area contributed by atoms with E-state index in [1.807, 2.05) is 27.9 Å². The Morgan fingerprint density at radius 2 is 2.16 bits per heavy atom. The van der Waals surface area contributed by atoms with Crippen molar-refractivity contribution in [3.8, 4) is 0 Å². The molecule has 0 saturated heterocycles.